The molecule has 3 aromatic rings. The maximum atomic E-state index is 14.7. The van der Waals surface area contributed by atoms with Crippen LogP contribution in [0.25, 0.3) is 11.3 Å². The molecule has 2 aromatic carbocycles. The smallest absolute Gasteiger partial charge is 0.227 e. The molecule has 0 radical (unpaired) electrons. The van der Waals surface area contributed by atoms with Crippen molar-refractivity contribution in [3.8, 4) is 17.0 Å². The lowest BCUT2D eigenvalue weighted by Crippen LogP contribution is -2.29. The molecule has 12 heteroatoms. The Morgan fingerprint density at radius 3 is 2.66 bits per heavy atom. The fourth-order valence-corrected chi connectivity index (χ4v) is 4.59. The maximum Gasteiger partial charge on any atom is 0.227 e. The summed E-state index contributed by atoms with van der Waals surface area (Å²) >= 11 is 2.12. The molecular formula is C23H29FIN8OP. The van der Waals surface area contributed by atoms with E-state index < -0.39 is 5.82 Å². The number of aromatic nitrogens is 2. The second-order valence-electron chi connectivity index (χ2n) is 8.01. The number of methoxy groups -OCH3 is 1. The zero-order valence-electron chi connectivity index (χ0n) is 20.0. The summed E-state index contributed by atoms with van der Waals surface area (Å²) < 4.78 is 20.3. The monoisotopic (exact) mass is 610 g/mol. The molecule has 0 fully saturated rings. The summed E-state index contributed by atoms with van der Waals surface area (Å²) in [5, 5.41) is 13.8. The average molecular weight is 610 g/mol. The lowest BCUT2D eigenvalue weighted by atomic mass is 10.1. The van der Waals surface area contributed by atoms with E-state index in [4.69, 9.17) is 15.9 Å². The topological polar surface area (TPSA) is 115 Å². The molecule has 0 saturated heterocycles. The van der Waals surface area contributed by atoms with Crippen LogP contribution in [0.5, 0.6) is 5.75 Å². The highest BCUT2D eigenvalue weighted by Crippen LogP contribution is 2.36. The number of hydrogen-bond acceptors (Lipinski definition) is 9. The van der Waals surface area contributed by atoms with Gasteiger partial charge < -0.3 is 36.1 Å². The van der Waals surface area contributed by atoms with Gasteiger partial charge >= 0.3 is 0 Å². The molecule has 5 N–H and O–H groups in total. The molecular weight excluding hydrogens is 581 g/mol. The van der Waals surface area contributed by atoms with Crippen LogP contribution < -0.4 is 25.8 Å². The van der Waals surface area contributed by atoms with Crippen LogP contribution in [0.4, 0.5) is 33.1 Å². The number of rotatable bonds is 11. The SMILES string of the molecule is COc1cc(N(C)CCN(C)C)c(N)cc1Nc1nccc(-c2cc(F)c(NPI)c(C=N)c2)n1. The van der Waals surface area contributed by atoms with Gasteiger partial charge in [0.1, 0.15) is 11.6 Å². The second kappa shape index (κ2) is 12.3. The highest BCUT2D eigenvalue weighted by Gasteiger charge is 2.15. The van der Waals surface area contributed by atoms with E-state index in [2.05, 4.69) is 52.2 Å². The van der Waals surface area contributed by atoms with Crippen molar-refractivity contribution in [2.75, 3.05) is 62.4 Å². The van der Waals surface area contributed by atoms with E-state index in [-0.39, 0.29) is 6.37 Å². The lowest BCUT2D eigenvalue weighted by molar-refractivity contribution is 0.413. The van der Waals surface area contributed by atoms with Gasteiger partial charge in [-0.25, -0.2) is 14.4 Å². The number of nitrogens with zero attached hydrogens (tertiary/aromatic N) is 4. The van der Waals surface area contributed by atoms with Crippen molar-refractivity contribution in [1.82, 2.24) is 14.9 Å². The van der Waals surface area contributed by atoms with Crippen LogP contribution in [0, 0.1) is 11.2 Å². The van der Waals surface area contributed by atoms with Gasteiger partial charge in [0, 0.05) is 56.1 Å². The molecule has 0 amide bonds. The van der Waals surface area contributed by atoms with E-state index in [0.29, 0.717) is 45.6 Å². The minimum Gasteiger partial charge on any atom is -0.494 e. The fraction of sp³-hybridized carbons (Fsp3) is 0.261. The minimum absolute atomic E-state index is 0.283. The molecule has 3 rings (SSSR count). The van der Waals surface area contributed by atoms with Crippen molar-refractivity contribution in [2.45, 2.75) is 0 Å². The molecule has 0 spiro atoms. The molecule has 9 nitrogen and oxygen atoms in total. The minimum atomic E-state index is -0.443. The number of nitrogens with one attached hydrogen (secondary N) is 3. The van der Waals surface area contributed by atoms with Crippen LogP contribution in [-0.2, 0) is 0 Å². The third-order valence-electron chi connectivity index (χ3n) is 5.29. The zero-order valence-corrected chi connectivity index (χ0v) is 23.1. The Balaban J connectivity index is 1.90. The van der Waals surface area contributed by atoms with Crippen LogP contribution >= 0.6 is 28.4 Å². The normalized spacial score (nSPS) is 11.2. The Kier molecular flexibility index (Phi) is 9.41. The van der Waals surface area contributed by atoms with E-state index in [1.54, 1.807) is 31.5 Å². The van der Waals surface area contributed by atoms with E-state index >= 15 is 0 Å². The Bertz CT molecular complexity index is 1200. The van der Waals surface area contributed by atoms with Gasteiger partial charge in [-0.3, -0.25) is 0 Å². The molecule has 0 aliphatic rings. The third-order valence-corrected chi connectivity index (χ3v) is 6.44. The Morgan fingerprint density at radius 1 is 1.23 bits per heavy atom. The quantitative estimate of drug-likeness (QED) is 0.104. The largest absolute Gasteiger partial charge is 0.494 e. The first-order valence-corrected chi connectivity index (χ1v) is 14.8. The molecule has 0 saturated carbocycles. The van der Waals surface area contributed by atoms with Gasteiger partial charge in [-0.1, -0.05) is 0 Å². The van der Waals surface area contributed by atoms with Gasteiger partial charge in [-0.05, 0) is 60.4 Å². The number of hydrogen-bond donors (Lipinski definition) is 4. The van der Waals surface area contributed by atoms with Crippen molar-refractivity contribution >= 4 is 63.3 Å². The van der Waals surface area contributed by atoms with Gasteiger partial charge in [-0.2, -0.15) is 0 Å². The van der Waals surface area contributed by atoms with Gasteiger partial charge in [0.2, 0.25) is 5.95 Å². The summed E-state index contributed by atoms with van der Waals surface area (Å²) in [6.45, 7) is 1.69. The molecule has 0 aliphatic carbocycles. The standard InChI is InChI=1S/C23H29FIN8OP/c1-32(2)7-8-33(3)20-12-21(34-4)19(11-17(20)27)30-23-28-6-5-18(29-23)14-9-15(13-26)22(31-35-25)16(24)10-14/h5-6,9-13,26,31,35H,7-8,27H2,1-4H3,(H,28,29,30). The zero-order chi connectivity index (χ0) is 25.5. The Labute approximate surface area is 219 Å². The van der Waals surface area contributed by atoms with Crippen molar-refractivity contribution in [3.63, 3.8) is 0 Å². The third kappa shape index (κ3) is 6.68. The fourth-order valence-electron chi connectivity index (χ4n) is 3.42. The summed E-state index contributed by atoms with van der Waals surface area (Å²) in [7, 11) is 7.62. The van der Waals surface area contributed by atoms with Crippen molar-refractivity contribution in [3.05, 3.63) is 47.9 Å². The first kappa shape index (κ1) is 26.8. The van der Waals surface area contributed by atoms with Crippen molar-refractivity contribution in [1.29, 1.82) is 5.41 Å². The molecule has 0 bridgehead atoms. The van der Waals surface area contributed by atoms with Crippen LogP contribution in [0.2, 0.25) is 0 Å². The number of ether oxygens (including phenoxy) is 1. The lowest BCUT2D eigenvalue weighted by Gasteiger charge is -2.24. The molecule has 1 unspecified atom stereocenters. The van der Waals surface area contributed by atoms with Gasteiger partial charge in [0.15, 0.2) is 0 Å². The van der Waals surface area contributed by atoms with Crippen LogP contribution in [0.1, 0.15) is 5.56 Å². The van der Waals surface area contributed by atoms with E-state index in [1.165, 1.54) is 6.07 Å². The van der Waals surface area contributed by atoms with E-state index in [0.717, 1.165) is 25.0 Å². The molecule has 1 atom stereocenters. The number of halogens is 2. The first-order chi connectivity index (χ1) is 16.8. The first-order valence-electron chi connectivity index (χ1n) is 10.7. The molecule has 1 heterocycles. The van der Waals surface area contributed by atoms with Gasteiger partial charge in [0.05, 0.1) is 35.6 Å². The number of likely N-dealkylation sites (N-methyl/N-ethyl adjacent to an activating group) is 2. The average Bonchev–Trinajstić information content (AvgIpc) is 2.84. The molecule has 35 heavy (non-hydrogen) atoms. The molecule has 0 aliphatic heterocycles. The van der Waals surface area contributed by atoms with Crippen molar-refractivity contribution in [2.24, 2.45) is 0 Å². The molecule has 186 valence electrons. The summed E-state index contributed by atoms with van der Waals surface area (Å²) in [6.07, 6.45) is 2.99. The van der Waals surface area contributed by atoms with Crippen molar-refractivity contribution < 1.29 is 9.13 Å². The predicted octanol–water partition coefficient (Wildman–Crippen LogP) is 4.97. The Hall–Kier alpha value is -2.76. The number of benzene rings is 2. The maximum absolute atomic E-state index is 14.7. The Morgan fingerprint density at radius 2 is 2.00 bits per heavy atom. The summed E-state index contributed by atoms with van der Waals surface area (Å²) in [6, 6.07) is 8.47. The summed E-state index contributed by atoms with van der Waals surface area (Å²) in [5.41, 5.74) is 10.2. The number of anilines is 5. The highest BCUT2D eigenvalue weighted by molar-refractivity contribution is 14.2. The predicted molar refractivity (Wildman–Crippen MR) is 154 cm³/mol. The van der Waals surface area contributed by atoms with Gasteiger partial charge in [-0.15, -0.1) is 0 Å². The van der Waals surface area contributed by atoms with E-state index in [1.807, 2.05) is 27.2 Å². The summed E-state index contributed by atoms with van der Waals surface area (Å²) in [4.78, 5) is 13.0. The van der Waals surface area contributed by atoms with Crippen LogP contribution in [-0.4, -0.2) is 62.4 Å². The van der Waals surface area contributed by atoms with E-state index in [9.17, 15) is 4.39 Å². The van der Waals surface area contributed by atoms with Crippen LogP contribution in [0.3, 0.4) is 0 Å². The molecule has 1 aromatic heterocycles. The van der Waals surface area contributed by atoms with Gasteiger partial charge in [0.25, 0.3) is 0 Å². The van der Waals surface area contributed by atoms with Crippen LogP contribution in [0.15, 0.2) is 36.5 Å². The second-order valence-corrected chi connectivity index (χ2v) is 10.1. The number of nitrogen functional groups attached to an aromatic ring is 1. The number of nitrogens with two attached hydrogens (primary N) is 1. The highest BCUT2D eigenvalue weighted by atomic mass is 127. The summed E-state index contributed by atoms with van der Waals surface area (Å²) in [5.74, 6) is 0.454.